The predicted molar refractivity (Wildman–Crippen MR) is 72.1 cm³/mol. The van der Waals surface area contributed by atoms with Crippen molar-refractivity contribution in [3.05, 3.63) is 0 Å². The minimum atomic E-state index is -3.12. The second-order valence-corrected chi connectivity index (χ2v) is 8.45. The van der Waals surface area contributed by atoms with Crippen molar-refractivity contribution in [1.82, 2.24) is 10.6 Å². The van der Waals surface area contributed by atoms with Crippen molar-refractivity contribution in [3.63, 3.8) is 0 Å². The number of hydrogen-bond acceptors (Lipinski definition) is 4. The van der Waals surface area contributed by atoms with Gasteiger partial charge in [0.05, 0.1) is 17.0 Å². The molecular formula is C12H20N2O5S. The standard InChI is InChI=1S/C12H20N2O5S/c1-11(5-6-20(18,19)7-11)13-10(17)14-12(2,9(15)16)8-3-4-8/h8H,3-7H2,1-2H3,(H,15,16)(H2,13,14,17). The fourth-order valence-electron chi connectivity index (χ4n) is 2.64. The quantitative estimate of drug-likeness (QED) is 0.682. The molecule has 2 aliphatic rings. The summed E-state index contributed by atoms with van der Waals surface area (Å²) in [6.45, 7) is 3.15. The average molecular weight is 304 g/mol. The highest BCUT2D eigenvalue weighted by Crippen LogP contribution is 2.39. The molecule has 8 heteroatoms. The summed E-state index contributed by atoms with van der Waals surface area (Å²) < 4.78 is 22.9. The van der Waals surface area contributed by atoms with E-state index >= 15 is 0 Å². The zero-order chi connectivity index (χ0) is 15.2. The summed E-state index contributed by atoms with van der Waals surface area (Å²) in [6, 6.07) is -0.624. The third kappa shape index (κ3) is 3.05. The van der Waals surface area contributed by atoms with E-state index < -0.39 is 32.9 Å². The molecule has 3 N–H and O–H groups in total. The predicted octanol–water partition coefficient (Wildman–Crippen LogP) is 0.116. The Balaban J connectivity index is 2.01. The van der Waals surface area contributed by atoms with Gasteiger partial charge in [-0.05, 0) is 39.0 Å². The number of amides is 2. The summed E-state index contributed by atoms with van der Waals surface area (Å²) in [5.41, 5.74) is -2.12. The fourth-order valence-corrected chi connectivity index (χ4v) is 4.73. The summed E-state index contributed by atoms with van der Waals surface area (Å²) in [6.07, 6.45) is 1.89. The molecule has 2 atom stereocenters. The van der Waals surface area contributed by atoms with Gasteiger partial charge in [-0.3, -0.25) is 0 Å². The van der Waals surface area contributed by atoms with E-state index in [0.29, 0.717) is 6.42 Å². The summed E-state index contributed by atoms with van der Waals surface area (Å²) in [7, 11) is -3.12. The van der Waals surface area contributed by atoms with Gasteiger partial charge in [-0.2, -0.15) is 0 Å². The largest absolute Gasteiger partial charge is 0.480 e. The molecule has 2 fully saturated rings. The minimum absolute atomic E-state index is 0.0442. The van der Waals surface area contributed by atoms with Crippen molar-refractivity contribution in [2.45, 2.75) is 44.2 Å². The Morgan fingerprint density at radius 3 is 2.35 bits per heavy atom. The summed E-state index contributed by atoms with van der Waals surface area (Å²) in [5.74, 6) is -1.20. The van der Waals surface area contributed by atoms with Crippen molar-refractivity contribution in [3.8, 4) is 0 Å². The Labute approximate surface area is 118 Å². The Morgan fingerprint density at radius 2 is 1.95 bits per heavy atom. The molecule has 1 heterocycles. The van der Waals surface area contributed by atoms with Gasteiger partial charge in [0, 0.05) is 0 Å². The van der Waals surface area contributed by atoms with Crippen molar-refractivity contribution < 1.29 is 23.1 Å². The van der Waals surface area contributed by atoms with E-state index in [1.54, 1.807) is 6.92 Å². The molecule has 7 nitrogen and oxygen atoms in total. The van der Waals surface area contributed by atoms with E-state index in [0.717, 1.165) is 12.8 Å². The highest BCUT2D eigenvalue weighted by atomic mass is 32.2. The van der Waals surface area contributed by atoms with Gasteiger partial charge in [0.25, 0.3) is 0 Å². The van der Waals surface area contributed by atoms with Gasteiger partial charge in [-0.15, -0.1) is 0 Å². The molecule has 114 valence electrons. The SMILES string of the molecule is CC1(NC(=O)NC(C)(C(=O)O)C2CC2)CCS(=O)(=O)C1. The van der Waals surface area contributed by atoms with E-state index in [9.17, 15) is 23.1 Å². The first kappa shape index (κ1) is 15.1. The molecule has 20 heavy (non-hydrogen) atoms. The van der Waals surface area contributed by atoms with Crippen molar-refractivity contribution in [2.24, 2.45) is 5.92 Å². The maximum atomic E-state index is 12.0. The zero-order valence-corrected chi connectivity index (χ0v) is 12.4. The third-order valence-corrected chi connectivity index (χ3v) is 6.03. The number of carboxylic acid groups (broad SMARTS) is 1. The van der Waals surface area contributed by atoms with Crippen LogP contribution in [0.2, 0.25) is 0 Å². The van der Waals surface area contributed by atoms with Crippen LogP contribution in [0, 0.1) is 5.92 Å². The molecule has 0 aromatic carbocycles. The van der Waals surface area contributed by atoms with Crippen LogP contribution in [0.4, 0.5) is 4.79 Å². The van der Waals surface area contributed by atoms with Crippen molar-refractivity contribution >= 4 is 21.8 Å². The first-order valence-corrected chi connectivity index (χ1v) is 8.43. The van der Waals surface area contributed by atoms with E-state index in [1.165, 1.54) is 6.92 Å². The van der Waals surface area contributed by atoms with Gasteiger partial charge in [0.15, 0.2) is 9.84 Å². The van der Waals surface area contributed by atoms with Crippen LogP contribution < -0.4 is 10.6 Å². The summed E-state index contributed by atoms with van der Waals surface area (Å²) in [5, 5.41) is 14.4. The van der Waals surface area contributed by atoms with Crippen LogP contribution in [0.1, 0.15) is 33.1 Å². The van der Waals surface area contributed by atoms with Gasteiger partial charge in [-0.25, -0.2) is 18.0 Å². The highest BCUT2D eigenvalue weighted by molar-refractivity contribution is 7.91. The first-order chi connectivity index (χ1) is 9.06. The minimum Gasteiger partial charge on any atom is -0.480 e. The summed E-state index contributed by atoms with van der Waals surface area (Å²) >= 11 is 0. The number of carboxylic acids is 1. The molecule has 1 saturated heterocycles. The molecule has 1 saturated carbocycles. The smallest absolute Gasteiger partial charge is 0.329 e. The van der Waals surface area contributed by atoms with Gasteiger partial charge in [0.2, 0.25) is 0 Å². The molecule has 1 aliphatic heterocycles. The topological polar surface area (TPSA) is 113 Å². The molecule has 2 unspecified atom stereocenters. The number of carbonyl (C=O) groups excluding carboxylic acids is 1. The lowest BCUT2D eigenvalue weighted by Crippen LogP contribution is -2.60. The molecule has 2 rings (SSSR count). The molecule has 0 spiro atoms. The van der Waals surface area contributed by atoms with Crippen molar-refractivity contribution in [2.75, 3.05) is 11.5 Å². The Hall–Kier alpha value is -1.31. The van der Waals surface area contributed by atoms with Crippen LogP contribution in [-0.4, -0.2) is 48.1 Å². The van der Waals surface area contributed by atoms with E-state index in [2.05, 4.69) is 10.6 Å². The molecule has 0 aromatic heterocycles. The van der Waals surface area contributed by atoms with Crippen LogP contribution in [-0.2, 0) is 14.6 Å². The normalized spacial score (nSPS) is 31.3. The van der Waals surface area contributed by atoms with Crippen LogP contribution in [0.3, 0.4) is 0 Å². The number of nitrogens with one attached hydrogen (secondary N) is 2. The maximum absolute atomic E-state index is 12.0. The lowest BCUT2D eigenvalue weighted by atomic mass is 9.96. The number of aliphatic carboxylic acids is 1. The lowest BCUT2D eigenvalue weighted by molar-refractivity contribution is -0.144. The number of carbonyl (C=O) groups is 2. The van der Waals surface area contributed by atoms with Gasteiger partial charge < -0.3 is 15.7 Å². The molecule has 0 aromatic rings. The van der Waals surface area contributed by atoms with Crippen LogP contribution in [0.15, 0.2) is 0 Å². The number of sulfone groups is 1. The second-order valence-electron chi connectivity index (χ2n) is 6.26. The lowest BCUT2D eigenvalue weighted by Gasteiger charge is -2.30. The van der Waals surface area contributed by atoms with E-state index in [1.807, 2.05) is 0 Å². The average Bonchev–Trinajstić information content (AvgIpc) is 3.05. The van der Waals surface area contributed by atoms with Crippen LogP contribution >= 0.6 is 0 Å². The maximum Gasteiger partial charge on any atom is 0.329 e. The van der Waals surface area contributed by atoms with Gasteiger partial charge in [-0.1, -0.05) is 0 Å². The molecule has 1 aliphatic carbocycles. The summed E-state index contributed by atoms with van der Waals surface area (Å²) in [4.78, 5) is 23.3. The van der Waals surface area contributed by atoms with E-state index in [4.69, 9.17) is 0 Å². The van der Waals surface area contributed by atoms with E-state index in [-0.39, 0.29) is 17.4 Å². The van der Waals surface area contributed by atoms with Crippen LogP contribution in [0.25, 0.3) is 0 Å². The number of urea groups is 1. The fraction of sp³-hybridized carbons (Fsp3) is 0.833. The Bertz CT molecular complexity index is 542. The second kappa shape index (κ2) is 4.61. The highest BCUT2D eigenvalue weighted by Gasteiger charge is 2.49. The Morgan fingerprint density at radius 1 is 1.35 bits per heavy atom. The van der Waals surface area contributed by atoms with Crippen LogP contribution in [0.5, 0.6) is 0 Å². The third-order valence-electron chi connectivity index (χ3n) is 4.13. The molecule has 0 bridgehead atoms. The van der Waals surface area contributed by atoms with Gasteiger partial charge in [0.1, 0.15) is 5.54 Å². The molecular weight excluding hydrogens is 284 g/mol. The number of hydrogen-bond donors (Lipinski definition) is 3. The van der Waals surface area contributed by atoms with Crippen molar-refractivity contribution in [1.29, 1.82) is 0 Å². The Kier molecular flexibility index (Phi) is 3.48. The zero-order valence-electron chi connectivity index (χ0n) is 11.6. The molecule has 0 radical (unpaired) electrons. The molecule has 2 amide bonds. The first-order valence-electron chi connectivity index (χ1n) is 6.60. The monoisotopic (exact) mass is 304 g/mol. The van der Waals surface area contributed by atoms with Gasteiger partial charge >= 0.3 is 12.0 Å². The number of rotatable bonds is 4.